The van der Waals surface area contributed by atoms with E-state index in [1.54, 1.807) is 37.3 Å². The second-order valence-corrected chi connectivity index (χ2v) is 6.53. The number of ether oxygens (including phenoxy) is 3. The molecular formula is C21H19ClN2O6. The topological polar surface area (TPSA) is 94.2 Å². The average Bonchev–Trinajstić information content (AvgIpc) is 3.01. The van der Waals surface area contributed by atoms with Crippen LogP contribution in [0.5, 0.6) is 11.5 Å². The first-order valence-electron chi connectivity index (χ1n) is 9.02. The molecule has 1 aliphatic rings. The lowest BCUT2D eigenvalue weighted by Crippen LogP contribution is -2.35. The zero-order valence-corrected chi connectivity index (χ0v) is 17.1. The van der Waals surface area contributed by atoms with E-state index >= 15 is 0 Å². The van der Waals surface area contributed by atoms with Crippen molar-refractivity contribution in [2.24, 2.45) is 0 Å². The molecule has 0 spiro atoms. The Morgan fingerprint density at radius 1 is 1.20 bits per heavy atom. The van der Waals surface area contributed by atoms with E-state index in [4.69, 9.17) is 25.8 Å². The summed E-state index contributed by atoms with van der Waals surface area (Å²) in [6, 6.07) is 11.7. The van der Waals surface area contributed by atoms with Crippen molar-refractivity contribution in [3.63, 3.8) is 0 Å². The molecule has 0 bridgehead atoms. The fourth-order valence-electron chi connectivity index (χ4n) is 2.81. The van der Waals surface area contributed by atoms with Crippen molar-refractivity contribution in [1.82, 2.24) is 5.43 Å². The third kappa shape index (κ3) is 4.55. The summed E-state index contributed by atoms with van der Waals surface area (Å²) in [6.07, 6.45) is 1.34. The zero-order valence-electron chi connectivity index (χ0n) is 16.3. The van der Waals surface area contributed by atoms with Crippen LogP contribution in [0.1, 0.15) is 12.5 Å². The summed E-state index contributed by atoms with van der Waals surface area (Å²) in [4.78, 5) is 37.0. The number of amides is 2. The Hall–Kier alpha value is -3.52. The molecule has 2 aromatic carbocycles. The second-order valence-electron chi connectivity index (χ2n) is 6.10. The van der Waals surface area contributed by atoms with Crippen LogP contribution in [0.4, 0.5) is 5.69 Å². The number of carbonyl (C=O) groups is 3. The summed E-state index contributed by atoms with van der Waals surface area (Å²) in [5.41, 5.74) is 3.21. The van der Waals surface area contributed by atoms with Gasteiger partial charge in [-0.05, 0) is 31.2 Å². The molecule has 2 amide bonds. The number of para-hydroxylation sites is 1. The van der Waals surface area contributed by atoms with Crippen molar-refractivity contribution in [3.05, 3.63) is 58.6 Å². The van der Waals surface area contributed by atoms with Gasteiger partial charge in [-0.1, -0.05) is 29.8 Å². The molecule has 3 rings (SSSR count). The van der Waals surface area contributed by atoms with Gasteiger partial charge in [0.25, 0.3) is 11.8 Å². The fraction of sp³-hybridized carbons (Fsp3) is 0.190. The monoisotopic (exact) mass is 430 g/mol. The highest BCUT2D eigenvalue weighted by molar-refractivity contribution is 6.32. The molecule has 0 saturated carbocycles. The molecule has 0 atom stereocenters. The predicted molar refractivity (Wildman–Crippen MR) is 110 cm³/mol. The Bertz CT molecular complexity index is 1010. The van der Waals surface area contributed by atoms with Crippen LogP contribution < -0.4 is 19.9 Å². The predicted octanol–water partition coefficient (Wildman–Crippen LogP) is 2.75. The van der Waals surface area contributed by atoms with Gasteiger partial charge in [-0.15, -0.1) is 0 Å². The second kappa shape index (κ2) is 9.32. The minimum absolute atomic E-state index is 0.121. The lowest BCUT2D eigenvalue weighted by atomic mass is 10.1. The lowest BCUT2D eigenvalue weighted by Gasteiger charge is -2.14. The molecule has 2 aromatic rings. The number of halogens is 1. The van der Waals surface area contributed by atoms with Crippen molar-refractivity contribution >= 4 is 41.1 Å². The Morgan fingerprint density at radius 2 is 1.93 bits per heavy atom. The van der Waals surface area contributed by atoms with Gasteiger partial charge in [-0.2, -0.15) is 0 Å². The van der Waals surface area contributed by atoms with Crippen LogP contribution in [0.2, 0.25) is 5.02 Å². The highest BCUT2D eigenvalue weighted by Crippen LogP contribution is 2.36. The van der Waals surface area contributed by atoms with Crippen LogP contribution in [0.25, 0.3) is 6.08 Å². The number of methoxy groups -OCH3 is 1. The third-order valence-corrected chi connectivity index (χ3v) is 4.33. The number of nitrogens with zero attached hydrogens (tertiary/aromatic N) is 1. The number of nitrogens with one attached hydrogen (secondary N) is 1. The molecule has 1 aliphatic heterocycles. The molecule has 1 heterocycles. The molecule has 1 N–H and O–H groups in total. The molecule has 30 heavy (non-hydrogen) atoms. The van der Waals surface area contributed by atoms with E-state index in [-0.39, 0.29) is 30.3 Å². The maximum absolute atomic E-state index is 12.8. The summed E-state index contributed by atoms with van der Waals surface area (Å²) in [7, 11) is 1.41. The number of hydrazine groups is 1. The van der Waals surface area contributed by atoms with Gasteiger partial charge in [0, 0.05) is 16.7 Å². The Kier molecular flexibility index (Phi) is 6.58. The first-order valence-corrected chi connectivity index (χ1v) is 9.40. The largest absolute Gasteiger partial charge is 0.493 e. The molecule has 8 nitrogen and oxygen atoms in total. The number of anilines is 1. The summed E-state index contributed by atoms with van der Waals surface area (Å²) in [5, 5.41) is 1.45. The summed E-state index contributed by atoms with van der Waals surface area (Å²) in [5.74, 6) is -1.30. The summed E-state index contributed by atoms with van der Waals surface area (Å²) in [6.45, 7) is 1.51. The van der Waals surface area contributed by atoms with Gasteiger partial charge in [0.05, 0.1) is 19.4 Å². The van der Waals surface area contributed by atoms with E-state index in [0.29, 0.717) is 16.3 Å². The molecule has 1 fully saturated rings. The van der Waals surface area contributed by atoms with Crippen LogP contribution in [0, 0.1) is 0 Å². The molecule has 0 aliphatic carbocycles. The van der Waals surface area contributed by atoms with Crippen molar-refractivity contribution < 1.29 is 28.6 Å². The first kappa shape index (κ1) is 21.2. The fourth-order valence-corrected chi connectivity index (χ4v) is 3.02. The van der Waals surface area contributed by atoms with E-state index in [0.717, 1.165) is 5.01 Å². The highest BCUT2D eigenvalue weighted by atomic mass is 35.5. The Balaban J connectivity index is 1.97. The van der Waals surface area contributed by atoms with E-state index < -0.39 is 17.8 Å². The van der Waals surface area contributed by atoms with Gasteiger partial charge in [0.15, 0.2) is 18.1 Å². The van der Waals surface area contributed by atoms with Crippen molar-refractivity contribution in [2.75, 3.05) is 25.3 Å². The number of esters is 1. The van der Waals surface area contributed by atoms with Crippen LogP contribution in [0.15, 0.2) is 48.0 Å². The highest BCUT2D eigenvalue weighted by Gasteiger charge is 2.34. The minimum Gasteiger partial charge on any atom is -0.493 e. The summed E-state index contributed by atoms with van der Waals surface area (Å²) < 4.78 is 15.7. The van der Waals surface area contributed by atoms with E-state index in [2.05, 4.69) is 5.43 Å². The van der Waals surface area contributed by atoms with Crippen molar-refractivity contribution in [2.45, 2.75) is 6.92 Å². The zero-order chi connectivity index (χ0) is 21.7. The smallest absolute Gasteiger partial charge is 0.344 e. The van der Waals surface area contributed by atoms with Crippen LogP contribution in [-0.4, -0.2) is 38.1 Å². The van der Waals surface area contributed by atoms with Gasteiger partial charge >= 0.3 is 5.97 Å². The number of benzene rings is 2. The Morgan fingerprint density at radius 3 is 2.60 bits per heavy atom. The molecule has 9 heteroatoms. The SMILES string of the molecule is CCOC(=O)COc1c(/C=C2/C(=O)NN(c3ccccc3)C2=O)cc(Cl)cc1OC. The van der Waals surface area contributed by atoms with Crippen LogP contribution in [0.3, 0.4) is 0 Å². The third-order valence-electron chi connectivity index (χ3n) is 4.11. The molecule has 0 unspecified atom stereocenters. The molecular weight excluding hydrogens is 412 g/mol. The summed E-state index contributed by atoms with van der Waals surface area (Å²) >= 11 is 6.14. The van der Waals surface area contributed by atoms with Crippen molar-refractivity contribution in [3.8, 4) is 11.5 Å². The maximum atomic E-state index is 12.8. The molecule has 0 aromatic heterocycles. The number of rotatable bonds is 7. The quantitative estimate of drug-likeness (QED) is 0.412. The molecule has 156 valence electrons. The normalized spacial score (nSPS) is 14.6. The standard InChI is InChI=1S/C21H19ClN2O6/c1-3-29-18(25)12-30-19-13(9-14(22)11-17(19)28-2)10-16-20(26)23-24(21(16)27)15-7-5-4-6-8-15/h4-11H,3,12H2,1-2H3,(H,23,26)/b16-10-. The van der Waals surface area contributed by atoms with Gasteiger partial charge in [0.2, 0.25) is 0 Å². The minimum atomic E-state index is -0.584. The number of hydrogen-bond donors (Lipinski definition) is 1. The van der Waals surface area contributed by atoms with Crippen LogP contribution >= 0.6 is 11.6 Å². The number of hydrogen-bond acceptors (Lipinski definition) is 6. The first-order chi connectivity index (χ1) is 14.4. The average molecular weight is 431 g/mol. The van der Waals surface area contributed by atoms with Gasteiger partial charge in [-0.3, -0.25) is 15.0 Å². The van der Waals surface area contributed by atoms with Crippen molar-refractivity contribution in [1.29, 1.82) is 0 Å². The Labute approximate surface area is 177 Å². The molecule has 0 radical (unpaired) electrons. The van der Waals surface area contributed by atoms with E-state index in [9.17, 15) is 14.4 Å². The van der Waals surface area contributed by atoms with E-state index in [1.165, 1.54) is 25.3 Å². The van der Waals surface area contributed by atoms with E-state index in [1.807, 2.05) is 0 Å². The molecule has 1 saturated heterocycles. The lowest BCUT2D eigenvalue weighted by molar-refractivity contribution is -0.145. The number of carbonyl (C=O) groups excluding carboxylic acids is 3. The van der Waals surface area contributed by atoms with Crippen LogP contribution in [-0.2, 0) is 19.1 Å². The van der Waals surface area contributed by atoms with Gasteiger partial charge in [-0.25, -0.2) is 9.80 Å². The maximum Gasteiger partial charge on any atom is 0.344 e. The van der Waals surface area contributed by atoms with Gasteiger partial charge in [0.1, 0.15) is 5.57 Å². The van der Waals surface area contributed by atoms with Gasteiger partial charge < -0.3 is 14.2 Å².